The minimum absolute atomic E-state index is 0.0604. The van der Waals surface area contributed by atoms with Crippen LogP contribution in [0.2, 0.25) is 0 Å². The van der Waals surface area contributed by atoms with Gasteiger partial charge in [-0.25, -0.2) is 9.18 Å². The van der Waals surface area contributed by atoms with E-state index in [0.29, 0.717) is 17.0 Å². The molecule has 1 unspecified atom stereocenters. The number of amides is 2. The summed E-state index contributed by atoms with van der Waals surface area (Å²) < 4.78 is 18.8. The van der Waals surface area contributed by atoms with E-state index < -0.39 is 28.9 Å². The second-order valence-electron chi connectivity index (χ2n) is 6.67. The predicted octanol–water partition coefficient (Wildman–Crippen LogP) is 2.87. The van der Waals surface area contributed by atoms with Gasteiger partial charge < -0.3 is 20.5 Å². The van der Waals surface area contributed by atoms with Gasteiger partial charge in [-0.15, -0.1) is 5.10 Å². The van der Waals surface area contributed by atoms with Crippen LogP contribution in [0.5, 0.6) is 5.75 Å². The first-order valence-electron chi connectivity index (χ1n) is 9.33. The van der Waals surface area contributed by atoms with Crippen molar-refractivity contribution in [3.05, 3.63) is 59.4 Å². The molecule has 0 radical (unpaired) electrons. The van der Waals surface area contributed by atoms with Gasteiger partial charge in [-0.1, -0.05) is 11.8 Å². The standard InChI is InChI=1S/C21H19FN4O5S/c1-11(13-5-8-16(31-2)15(22)9-13)25-26-21-24-18(27)10-17(32-21)19(28)23-14-6-3-12(4-7-14)20(29)30/h3-9,17H,10H2,1-2H3,(H,23,28)(H,29,30)(H,24,26,27)/b25-11+. The molecule has 0 bridgehead atoms. The second kappa shape index (κ2) is 10.1. The largest absolute Gasteiger partial charge is 0.494 e. The molecule has 1 atom stereocenters. The molecule has 0 saturated carbocycles. The Balaban J connectivity index is 1.69. The number of hydrogen-bond acceptors (Lipinski definition) is 7. The maximum atomic E-state index is 13.9. The van der Waals surface area contributed by atoms with E-state index in [9.17, 15) is 18.8 Å². The highest BCUT2D eigenvalue weighted by Crippen LogP contribution is 2.23. The van der Waals surface area contributed by atoms with Gasteiger partial charge in [0.2, 0.25) is 11.8 Å². The molecule has 2 aromatic rings. The van der Waals surface area contributed by atoms with Gasteiger partial charge in [0.15, 0.2) is 16.7 Å². The molecule has 2 amide bonds. The van der Waals surface area contributed by atoms with Crippen molar-refractivity contribution in [2.75, 3.05) is 12.4 Å². The van der Waals surface area contributed by atoms with E-state index in [1.54, 1.807) is 13.0 Å². The number of ether oxygens (including phenoxy) is 1. The van der Waals surface area contributed by atoms with Crippen molar-refractivity contribution in [2.45, 2.75) is 18.6 Å². The van der Waals surface area contributed by atoms with Crippen LogP contribution in [-0.2, 0) is 9.59 Å². The van der Waals surface area contributed by atoms with Gasteiger partial charge >= 0.3 is 5.97 Å². The molecular weight excluding hydrogens is 439 g/mol. The van der Waals surface area contributed by atoms with E-state index in [0.717, 1.165) is 11.8 Å². The lowest BCUT2D eigenvalue weighted by Gasteiger charge is -2.21. The van der Waals surface area contributed by atoms with Crippen molar-refractivity contribution < 1.29 is 28.6 Å². The SMILES string of the molecule is COc1ccc(/C(C)=N/N=C2\NC(=O)CC(C(=O)Nc3ccc(C(=O)O)cc3)S2)cc1F. The van der Waals surface area contributed by atoms with Gasteiger partial charge in [-0.05, 0) is 49.4 Å². The number of amidine groups is 1. The smallest absolute Gasteiger partial charge is 0.335 e. The summed E-state index contributed by atoms with van der Waals surface area (Å²) in [5, 5.41) is 21.5. The number of halogens is 1. The first kappa shape index (κ1) is 22.9. The molecular formula is C21H19FN4O5S. The Kier molecular flexibility index (Phi) is 7.21. The lowest BCUT2D eigenvalue weighted by atomic mass is 10.1. The molecule has 166 valence electrons. The highest BCUT2D eigenvalue weighted by molar-refractivity contribution is 8.15. The number of carboxylic acid groups (broad SMARTS) is 1. The van der Waals surface area contributed by atoms with Crippen LogP contribution in [0.25, 0.3) is 0 Å². The van der Waals surface area contributed by atoms with Crippen LogP contribution < -0.4 is 15.4 Å². The Labute approximate surface area is 186 Å². The van der Waals surface area contributed by atoms with Crippen LogP contribution in [0.15, 0.2) is 52.7 Å². The molecule has 3 rings (SSSR count). The van der Waals surface area contributed by atoms with Crippen LogP contribution in [-0.4, -0.2) is 46.1 Å². The Morgan fingerprint density at radius 2 is 1.91 bits per heavy atom. The Hall–Kier alpha value is -3.73. The van der Waals surface area contributed by atoms with Gasteiger partial charge in [-0.3, -0.25) is 9.59 Å². The molecule has 1 saturated heterocycles. The molecule has 0 spiro atoms. The Bertz CT molecular complexity index is 1120. The van der Waals surface area contributed by atoms with E-state index >= 15 is 0 Å². The van der Waals surface area contributed by atoms with Crippen molar-refractivity contribution >= 4 is 46.1 Å². The zero-order valence-electron chi connectivity index (χ0n) is 17.1. The van der Waals surface area contributed by atoms with Crippen molar-refractivity contribution in [1.82, 2.24) is 5.32 Å². The Morgan fingerprint density at radius 3 is 2.53 bits per heavy atom. The summed E-state index contributed by atoms with van der Waals surface area (Å²) >= 11 is 1.03. The number of carboxylic acids is 1. The molecule has 1 heterocycles. The first-order valence-corrected chi connectivity index (χ1v) is 10.2. The molecule has 2 aromatic carbocycles. The third-order valence-electron chi connectivity index (χ3n) is 4.42. The number of thioether (sulfide) groups is 1. The monoisotopic (exact) mass is 458 g/mol. The summed E-state index contributed by atoms with van der Waals surface area (Å²) in [5.74, 6) is -2.34. The fourth-order valence-electron chi connectivity index (χ4n) is 2.73. The van der Waals surface area contributed by atoms with Crippen LogP contribution in [0.4, 0.5) is 10.1 Å². The minimum Gasteiger partial charge on any atom is -0.494 e. The van der Waals surface area contributed by atoms with Crippen LogP contribution in [0, 0.1) is 5.82 Å². The zero-order chi connectivity index (χ0) is 23.3. The normalized spacial score (nSPS) is 17.6. The van der Waals surface area contributed by atoms with E-state index in [4.69, 9.17) is 9.84 Å². The van der Waals surface area contributed by atoms with E-state index in [2.05, 4.69) is 20.8 Å². The molecule has 0 aliphatic carbocycles. The number of aromatic carboxylic acids is 1. The molecule has 3 N–H and O–H groups in total. The third kappa shape index (κ3) is 5.70. The summed E-state index contributed by atoms with van der Waals surface area (Å²) in [5.41, 5.74) is 1.38. The summed E-state index contributed by atoms with van der Waals surface area (Å²) in [4.78, 5) is 35.5. The van der Waals surface area contributed by atoms with Crippen LogP contribution >= 0.6 is 11.8 Å². The number of nitrogens with zero attached hydrogens (tertiary/aromatic N) is 2. The number of nitrogens with one attached hydrogen (secondary N) is 2. The highest BCUT2D eigenvalue weighted by atomic mass is 32.2. The summed E-state index contributed by atoms with van der Waals surface area (Å²) in [6, 6.07) is 10.0. The lowest BCUT2D eigenvalue weighted by Crippen LogP contribution is -2.41. The summed E-state index contributed by atoms with van der Waals surface area (Å²) in [6.07, 6.45) is -0.0604. The number of carbonyl (C=O) groups excluding carboxylic acids is 2. The molecule has 0 aromatic heterocycles. The molecule has 1 fully saturated rings. The Morgan fingerprint density at radius 1 is 1.22 bits per heavy atom. The number of methoxy groups -OCH3 is 1. The van der Waals surface area contributed by atoms with E-state index in [-0.39, 0.29) is 22.9 Å². The number of benzene rings is 2. The van der Waals surface area contributed by atoms with Crippen LogP contribution in [0.3, 0.4) is 0 Å². The lowest BCUT2D eigenvalue weighted by molar-refractivity contribution is -0.123. The van der Waals surface area contributed by atoms with E-state index in [1.807, 2.05) is 0 Å². The molecule has 1 aliphatic rings. The third-order valence-corrected chi connectivity index (χ3v) is 5.50. The minimum atomic E-state index is -1.07. The van der Waals surface area contributed by atoms with Gasteiger partial charge in [0.25, 0.3) is 0 Å². The average molecular weight is 458 g/mol. The number of anilines is 1. The van der Waals surface area contributed by atoms with Crippen molar-refractivity contribution in [3.8, 4) is 5.75 Å². The summed E-state index contributed by atoms with van der Waals surface area (Å²) in [7, 11) is 1.37. The molecule has 9 nitrogen and oxygen atoms in total. The average Bonchev–Trinajstić information content (AvgIpc) is 2.77. The van der Waals surface area contributed by atoms with Gasteiger partial charge in [0, 0.05) is 17.7 Å². The zero-order valence-corrected chi connectivity index (χ0v) is 17.9. The molecule has 11 heteroatoms. The van der Waals surface area contributed by atoms with Crippen molar-refractivity contribution in [1.29, 1.82) is 0 Å². The summed E-state index contributed by atoms with van der Waals surface area (Å²) in [6.45, 7) is 1.63. The van der Waals surface area contributed by atoms with Crippen molar-refractivity contribution in [3.63, 3.8) is 0 Å². The number of hydrogen-bond donors (Lipinski definition) is 3. The predicted molar refractivity (Wildman–Crippen MR) is 119 cm³/mol. The molecule has 1 aliphatic heterocycles. The van der Waals surface area contributed by atoms with Gasteiger partial charge in [-0.2, -0.15) is 5.10 Å². The fourth-order valence-corrected chi connectivity index (χ4v) is 3.66. The maximum Gasteiger partial charge on any atom is 0.335 e. The fraction of sp³-hybridized carbons (Fsp3) is 0.190. The maximum absolute atomic E-state index is 13.9. The highest BCUT2D eigenvalue weighted by Gasteiger charge is 2.30. The van der Waals surface area contributed by atoms with Crippen LogP contribution in [0.1, 0.15) is 29.3 Å². The number of carbonyl (C=O) groups is 3. The second-order valence-corrected chi connectivity index (χ2v) is 7.86. The van der Waals surface area contributed by atoms with Gasteiger partial charge in [0.05, 0.1) is 18.4 Å². The van der Waals surface area contributed by atoms with E-state index in [1.165, 1.54) is 43.5 Å². The first-order chi connectivity index (χ1) is 15.3. The van der Waals surface area contributed by atoms with Crippen molar-refractivity contribution in [2.24, 2.45) is 10.2 Å². The van der Waals surface area contributed by atoms with Gasteiger partial charge in [0.1, 0.15) is 5.25 Å². The topological polar surface area (TPSA) is 129 Å². The number of rotatable bonds is 6. The molecule has 32 heavy (non-hydrogen) atoms. The quantitative estimate of drug-likeness (QED) is 0.451.